The molecule has 0 bridgehead atoms. The van der Waals surface area contributed by atoms with Gasteiger partial charge in [-0.3, -0.25) is 4.79 Å². The number of amides is 1. The van der Waals surface area contributed by atoms with Gasteiger partial charge in [-0.05, 0) is 54.5 Å². The molecule has 5 aromatic carbocycles. The molecule has 48 heavy (non-hydrogen) atoms. The van der Waals surface area contributed by atoms with E-state index >= 15 is 0 Å². The molecule has 4 atom stereocenters. The van der Waals surface area contributed by atoms with Crippen molar-refractivity contribution in [3.05, 3.63) is 167 Å². The van der Waals surface area contributed by atoms with Gasteiger partial charge < -0.3 is 19.5 Å². The Labute approximate surface area is 283 Å². The van der Waals surface area contributed by atoms with E-state index in [0.717, 1.165) is 23.1 Å². The Morgan fingerprint density at radius 2 is 1.27 bits per heavy atom. The number of carbonyl (C=O) groups is 1. The number of likely N-dealkylation sites (tertiary alicyclic amines) is 1. The molecule has 2 aliphatic rings. The number of methoxy groups -OCH3 is 1. The van der Waals surface area contributed by atoms with Crippen LogP contribution in [0, 0.1) is 11.8 Å². The quantitative estimate of drug-likeness (QED) is 0.177. The first-order valence-corrected chi connectivity index (χ1v) is 17.0. The highest BCUT2D eigenvalue weighted by molar-refractivity contribution is 5.84. The molecule has 1 aliphatic carbocycles. The van der Waals surface area contributed by atoms with Crippen LogP contribution in [-0.2, 0) is 22.4 Å². The Morgan fingerprint density at radius 3 is 1.92 bits per heavy atom. The summed E-state index contributed by atoms with van der Waals surface area (Å²) in [5.41, 5.74) is 3.59. The van der Waals surface area contributed by atoms with Gasteiger partial charge in [-0.1, -0.05) is 127 Å². The normalized spacial score (nSPS) is 22.0. The second kappa shape index (κ2) is 13.3. The van der Waals surface area contributed by atoms with E-state index in [1.54, 1.807) is 7.11 Å². The number of nitrogens with zero attached hydrogens (tertiary/aromatic N) is 1. The maximum Gasteiger partial charge on any atom is 0.229 e. The number of rotatable bonds is 9. The molecule has 1 heterocycles. The third kappa shape index (κ3) is 5.56. The average Bonchev–Trinajstić information content (AvgIpc) is 3.62. The molecule has 1 aliphatic heterocycles. The van der Waals surface area contributed by atoms with Crippen LogP contribution in [0.3, 0.4) is 0 Å². The first-order chi connectivity index (χ1) is 23.5. The summed E-state index contributed by atoms with van der Waals surface area (Å²) in [6, 6.07) is 47.1. The lowest BCUT2D eigenvalue weighted by Crippen LogP contribution is -2.53. The van der Waals surface area contributed by atoms with Crippen LogP contribution < -0.4 is 9.47 Å². The topological polar surface area (TPSA) is 59.0 Å². The van der Waals surface area contributed by atoms with Crippen molar-refractivity contribution in [1.29, 1.82) is 0 Å². The molecule has 244 valence electrons. The zero-order chi connectivity index (χ0) is 33.1. The van der Waals surface area contributed by atoms with E-state index in [1.807, 2.05) is 90.7 Å². The molecule has 5 heteroatoms. The van der Waals surface area contributed by atoms with Crippen LogP contribution in [0.25, 0.3) is 0 Å². The van der Waals surface area contributed by atoms with Crippen LogP contribution in [0.5, 0.6) is 11.5 Å². The monoisotopic (exact) mass is 637 g/mol. The molecule has 0 aromatic heterocycles. The average molecular weight is 638 g/mol. The lowest BCUT2D eigenvalue weighted by atomic mass is 9.52. The van der Waals surface area contributed by atoms with Gasteiger partial charge in [0.2, 0.25) is 5.91 Å². The van der Waals surface area contributed by atoms with Gasteiger partial charge in [0.25, 0.3) is 0 Å². The molecule has 1 saturated heterocycles. The first-order valence-electron chi connectivity index (χ1n) is 17.0. The van der Waals surface area contributed by atoms with Crippen molar-refractivity contribution in [2.45, 2.75) is 43.3 Å². The standard InChI is InChI=1S/C43H43NO4/c1-31(35-22-12-14-24-39(35)48-30-32-16-6-3-7-17-32)41(45)44-28-37-38(29-44)43(46,36-23-13-15-25-40(36)47-2)27-26-42(37,33-18-8-4-9-19-33)34-20-10-5-11-21-34/h3-25,31,37-38,46H,26-30H2,1-2H3/t31-,37-,38+,43+/m0/s1. The number of hydrogen-bond donors (Lipinski definition) is 1. The van der Waals surface area contributed by atoms with Crippen LogP contribution in [-0.4, -0.2) is 36.1 Å². The van der Waals surface area contributed by atoms with Crippen LogP contribution >= 0.6 is 0 Å². The third-order valence-corrected chi connectivity index (χ3v) is 10.9. The maximum atomic E-state index is 14.6. The highest BCUT2D eigenvalue weighted by Crippen LogP contribution is 2.60. The minimum atomic E-state index is -1.18. The van der Waals surface area contributed by atoms with Gasteiger partial charge in [-0.15, -0.1) is 0 Å². The Morgan fingerprint density at radius 1 is 0.729 bits per heavy atom. The minimum Gasteiger partial charge on any atom is -0.496 e. The number of carbonyl (C=O) groups excluding carboxylic acids is 1. The molecule has 0 unspecified atom stereocenters. The summed E-state index contributed by atoms with van der Waals surface area (Å²) < 4.78 is 12.1. The van der Waals surface area contributed by atoms with Crippen LogP contribution in [0.4, 0.5) is 0 Å². The summed E-state index contributed by atoms with van der Waals surface area (Å²) in [6.45, 7) is 3.37. The first kappa shape index (κ1) is 31.7. The Hall–Kier alpha value is -4.87. The second-order valence-corrected chi connectivity index (χ2v) is 13.3. The molecule has 1 saturated carbocycles. The van der Waals surface area contributed by atoms with Crippen molar-refractivity contribution in [3.8, 4) is 11.5 Å². The third-order valence-electron chi connectivity index (χ3n) is 10.9. The molecule has 5 aromatic rings. The molecule has 1 amide bonds. The smallest absolute Gasteiger partial charge is 0.229 e. The zero-order valence-corrected chi connectivity index (χ0v) is 27.7. The Kier molecular flexibility index (Phi) is 8.81. The zero-order valence-electron chi connectivity index (χ0n) is 27.7. The largest absolute Gasteiger partial charge is 0.496 e. The number of para-hydroxylation sites is 2. The van der Waals surface area contributed by atoms with E-state index in [9.17, 15) is 9.90 Å². The lowest BCUT2D eigenvalue weighted by Gasteiger charge is -2.53. The molecular weight excluding hydrogens is 594 g/mol. The van der Waals surface area contributed by atoms with Gasteiger partial charge in [0.1, 0.15) is 18.1 Å². The fourth-order valence-electron chi connectivity index (χ4n) is 8.53. The molecule has 0 spiro atoms. The fraction of sp³-hybridized carbons (Fsp3) is 0.279. The summed E-state index contributed by atoms with van der Waals surface area (Å²) in [5.74, 6) is 0.716. The van der Waals surface area contributed by atoms with Gasteiger partial charge in [-0.2, -0.15) is 0 Å². The molecule has 2 fully saturated rings. The van der Waals surface area contributed by atoms with Crippen molar-refractivity contribution in [2.24, 2.45) is 11.8 Å². The number of hydrogen-bond acceptors (Lipinski definition) is 4. The van der Waals surface area contributed by atoms with E-state index in [0.29, 0.717) is 37.6 Å². The fourth-order valence-corrected chi connectivity index (χ4v) is 8.53. The number of fused-ring (bicyclic) bond motifs is 1. The lowest BCUT2D eigenvalue weighted by molar-refractivity contribution is -0.132. The van der Waals surface area contributed by atoms with Crippen molar-refractivity contribution in [3.63, 3.8) is 0 Å². The van der Waals surface area contributed by atoms with Gasteiger partial charge in [0.05, 0.1) is 18.6 Å². The minimum absolute atomic E-state index is 0.0394. The van der Waals surface area contributed by atoms with Crippen molar-refractivity contribution >= 4 is 5.91 Å². The van der Waals surface area contributed by atoms with Gasteiger partial charge in [-0.25, -0.2) is 0 Å². The predicted octanol–water partition coefficient (Wildman–Crippen LogP) is 8.12. The molecule has 1 N–H and O–H groups in total. The van der Waals surface area contributed by atoms with Gasteiger partial charge in [0.15, 0.2) is 0 Å². The van der Waals surface area contributed by atoms with Gasteiger partial charge in [0, 0.05) is 35.5 Å². The van der Waals surface area contributed by atoms with E-state index in [4.69, 9.17) is 9.47 Å². The predicted molar refractivity (Wildman–Crippen MR) is 189 cm³/mol. The number of aliphatic hydroxyl groups is 1. The highest BCUT2D eigenvalue weighted by Gasteiger charge is 2.61. The van der Waals surface area contributed by atoms with Gasteiger partial charge >= 0.3 is 0 Å². The van der Waals surface area contributed by atoms with E-state index < -0.39 is 16.9 Å². The Bertz CT molecular complexity index is 1800. The van der Waals surface area contributed by atoms with Crippen LogP contribution in [0.1, 0.15) is 53.5 Å². The van der Waals surface area contributed by atoms with Crippen LogP contribution in [0.2, 0.25) is 0 Å². The van der Waals surface area contributed by atoms with E-state index in [-0.39, 0.29) is 17.7 Å². The molecule has 5 nitrogen and oxygen atoms in total. The van der Waals surface area contributed by atoms with Crippen molar-refractivity contribution < 1.29 is 19.4 Å². The summed E-state index contributed by atoms with van der Waals surface area (Å²) in [5, 5.41) is 12.9. The number of benzene rings is 5. The van der Waals surface area contributed by atoms with Crippen molar-refractivity contribution in [1.82, 2.24) is 4.90 Å². The maximum absolute atomic E-state index is 14.6. The van der Waals surface area contributed by atoms with Crippen molar-refractivity contribution in [2.75, 3.05) is 20.2 Å². The SMILES string of the molecule is COc1ccccc1[C@]1(O)CCC(c2ccccc2)(c2ccccc2)[C@H]2CN(C(=O)[C@@H](C)c3ccccc3OCc3ccccc3)C[C@H]21. The number of ether oxygens (including phenoxy) is 2. The van der Waals surface area contributed by atoms with Crippen LogP contribution in [0.15, 0.2) is 140 Å². The van der Waals surface area contributed by atoms with E-state index in [2.05, 4.69) is 60.7 Å². The van der Waals surface area contributed by atoms with E-state index in [1.165, 1.54) is 11.1 Å². The Balaban J connectivity index is 1.28. The highest BCUT2D eigenvalue weighted by atomic mass is 16.5. The molecule has 0 radical (unpaired) electrons. The summed E-state index contributed by atoms with van der Waals surface area (Å²) in [6.07, 6.45) is 1.26. The second-order valence-electron chi connectivity index (χ2n) is 13.3. The molecule has 7 rings (SSSR count). The molecular formula is C43H43NO4. The summed E-state index contributed by atoms with van der Waals surface area (Å²) in [4.78, 5) is 16.6. The summed E-state index contributed by atoms with van der Waals surface area (Å²) in [7, 11) is 1.66. The summed E-state index contributed by atoms with van der Waals surface area (Å²) >= 11 is 0.